The number of nitrogens with one attached hydrogen (secondary N) is 1. The average Bonchev–Trinajstić information content (AvgIpc) is 2.36. The van der Waals surface area contributed by atoms with Crippen LogP contribution in [0.1, 0.15) is 19.3 Å². The van der Waals surface area contributed by atoms with Gasteiger partial charge in [0.2, 0.25) is 5.91 Å². The number of likely N-dealkylation sites (N-methyl/N-ethyl adjacent to an activating group) is 1. The van der Waals surface area contributed by atoms with Crippen LogP contribution in [-0.2, 0) is 9.59 Å². The Bertz CT molecular complexity index is 398. The number of amides is 3. The molecule has 0 radical (unpaired) electrons. The van der Waals surface area contributed by atoms with Gasteiger partial charge in [-0.25, -0.2) is 4.79 Å². The van der Waals surface area contributed by atoms with Crippen LogP contribution < -0.4 is 5.32 Å². The molecule has 106 valence electrons. The number of carboxylic acids is 1. The Morgan fingerprint density at radius 1 is 1.47 bits per heavy atom. The number of urea groups is 1. The number of aliphatic carboxylic acids is 1. The summed E-state index contributed by atoms with van der Waals surface area (Å²) < 4.78 is 0. The number of piperidine rings is 2. The van der Waals surface area contributed by atoms with Crippen LogP contribution >= 0.6 is 0 Å². The van der Waals surface area contributed by atoms with Crippen LogP contribution in [0, 0.1) is 5.92 Å². The minimum absolute atomic E-state index is 0.0871. The molecule has 2 aliphatic heterocycles. The Kier molecular flexibility index (Phi) is 3.92. The molecule has 0 aromatic rings. The maximum absolute atomic E-state index is 12.1. The van der Waals surface area contributed by atoms with Crippen molar-refractivity contribution in [2.24, 2.45) is 5.92 Å². The van der Waals surface area contributed by atoms with E-state index in [2.05, 4.69) is 5.32 Å². The molecular weight excluding hydrogens is 250 g/mol. The number of hydrogen-bond donors (Lipinski definition) is 2. The van der Waals surface area contributed by atoms with Gasteiger partial charge in [0.05, 0.1) is 0 Å². The smallest absolute Gasteiger partial charge is 0.323 e. The predicted molar refractivity (Wildman–Crippen MR) is 66.5 cm³/mol. The molecule has 2 unspecified atom stereocenters. The van der Waals surface area contributed by atoms with Gasteiger partial charge in [-0.15, -0.1) is 0 Å². The van der Waals surface area contributed by atoms with Gasteiger partial charge in [-0.1, -0.05) is 0 Å². The van der Waals surface area contributed by atoms with Gasteiger partial charge in [0, 0.05) is 32.6 Å². The van der Waals surface area contributed by atoms with E-state index < -0.39 is 5.97 Å². The highest BCUT2D eigenvalue weighted by Crippen LogP contribution is 2.25. The fourth-order valence-electron chi connectivity index (χ4n) is 2.80. The highest BCUT2D eigenvalue weighted by atomic mass is 16.4. The lowest BCUT2D eigenvalue weighted by molar-refractivity contribution is -0.137. The molecule has 2 saturated heterocycles. The van der Waals surface area contributed by atoms with E-state index in [1.54, 1.807) is 4.90 Å². The van der Waals surface area contributed by atoms with Crippen LogP contribution in [0.3, 0.4) is 0 Å². The fourth-order valence-corrected chi connectivity index (χ4v) is 2.80. The quantitative estimate of drug-likeness (QED) is 0.721. The standard InChI is InChI=1S/C12H19N3O4/c1-14(7-11(17)18)12(19)15-5-4-9-8(6-15)2-3-10(16)13-9/h8-9H,2-7H2,1H3,(H,13,16)(H,17,18). The second kappa shape index (κ2) is 5.46. The third-order valence-corrected chi connectivity index (χ3v) is 3.79. The monoisotopic (exact) mass is 269 g/mol. The third kappa shape index (κ3) is 3.15. The van der Waals surface area contributed by atoms with Gasteiger partial charge in [0.1, 0.15) is 6.54 Å². The molecule has 0 spiro atoms. The predicted octanol–water partition coefficient (Wildman–Crippen LogP) is -0.277. The zero-order valence-electron chi connectivity index (χ0n) is 11.0. The summed E-state index contributed by atoms with van der Waals surface area (Å²) in [4.78, 5) is 36.9. The van der Waals surface area contributed by atoms with Crippen molar-refractivity contribution in [1.82, 2.24) is 15.1 Å². The lowest BCUT2D eigenvalue weighted by atomic mass is 9.85. The maximum atomic E-state index is 12.1. The van der Waals surface area contributed by atoms with E-state index in [-0.39, 0.29) is 30.4 Å². The summed E-state index contributed by atoms with van der Waals surface area (Å²) in [5, 5.41) is 11.6. The maximum Gasteiger partial charge on any atom is 0.323 e. The lowest BCUT2D eigenvalue weighted by Crippen LogP contribution is -2.57. The van der Waals surface area contributed by atoms with Crippen molar-refractivity contribution < 1.29 is 19.5 Å². The molecule has 0 aromatic heterocycles. The SMILES string of the molecule is CN(CC(=O)O)C(=O)N1CCC2NC(=O)CCC2C1. The molecule has 2 N–H and O–H groups in total. The highest BCUT2D eigenvalue weighted by molar-refractivity contribution is 5.80. The van der Waals surface area contributed by atoms with Crippen LogP contribution in [0.25, 0.3) is 0 Å². The van der Waals surface area contributed by atoms with Crippen LogP contribution in [0.2, 0.25) is 0 Å². The molecule has 7 nitrogen and oxygen atoms in total. The number of hydrogen-bond acceptors (Lipinski definition) is 3. The topological polar surface area (TPSA) is 90.0 Å². The lowest BCUT2D eigenvalue weighted by Gasteiger charge is -2.42. The van der Waals surface area contributed by atoms with Gasteiger partial charge in [-0.2, -0.15) is 0 Å². The number of nitrogens with zero attached hydrogens (tertiary/aromatic N) is 2. The van der Waals surface area contributed by atoms with Crippen molar-refractivity contribution in [3.63, 3.8) is 0 Å². The first-order chi connectivity index (χ1) is 8.97. The molecule has 0 bridgehead atoms. The van der Waals surface area contributed by atoms with Crippen molar-refractivity contribution in [3.8, 4) is 0 Å². The summed E-state index contributed by atoms with van der Waals surface area (Å²) in [6, 6.07) is -0.0900. The second-order valence-electron chi connectivity index (χ2n) is 5.24. The molecule has 3 amide bonds. The number of likely N-dealkylation sites (tertiary alicyclic amines) is 1. The number of carbonyl (C=O) groups excluding carboxylic acids is 2. The summed E-state index contributed by atoms with van der Waals surface area (Å²) in [6.07, 6.45) is 2.04. The second-order valence-corrected chi connectivity index (χ2v) is 5.24. The fraction of sp³-hybridized carbons (Fsp3) is 0.750. The van der Waals surface area contributed by atoms with Crippen LogP contribution in [0.4, 0.5) is 4.79 Å². The molecule has 0 aromatic carbocycles. The summed E-state index contributed by atoms with van der Waals surface area (Å²) >= 11 is 0. The zero-order valence-corrected chi connectivity index (χ0v) is 11.0. The molecule has 0 aliphatic carbocycles. The first-order valence-electron chi connectivity index (χ1n) is 6.48. The third-order valence-electron chi connectivity index (χ3n) is 3.79. The molecule has 2 fully saturated rings. The van der Waals surface area contributed by atoms with Gasteiger partial charge in [0.15, 0.2) is 0 Å². The molecule has 0 saturated carbocycles. The number of fused-ring (bicyclic) bond motifs is 1. The minimum Gasteiger partial charge on any atom is -0.480 e. The molecule has 2 atom stereocenters. The minimum atomic E-state index is -1.02. The van der Waals surface area contributed by atoms with E-state index in [0.717, 1.165) is 12.8 Å². The van der Waals surface area contributed by atoms with Crippen molar-refractivity contribution >= 4 is 17.9 Å². The number of carboxylic acid groups (broad SMARTS) is 1. The molecule has 7 heteroatoms. The highest BCUT2D eigenvalue weighted by Gasteiger charge is 2.36. The van der Waals surface area contributed by atoms with Crippen LogP contribution in [0.15, 0.2) is 0 Å². The average molecular weight is 269 g/mol. The van der Waals surface area contributed by atoms with E-state index in [1.807, 2.05) is 0 Å². The summed E-state index contributed by atoms with van der Waals surface area (Å²) in [6.45, 7) is 0.859. The van der Waals surface area contributed by atoms with E-state index in [0.29, 0.717) is 19.5 Å². The Balaban J connectivity index is 1.91. The summed E-state index contributed by atoms with van der Waals surface area (Å²) in [5.41, 5.74) is 0. The van der Waals surface area contributed by atoms with E-state index >= 15 is 0 Å². The normalized spacial score (nSPS) is 26.4. The molecule has 2 aliphatic rings. The first kappa shape index (κ1) is 13.6. The zero-order chi connectivity index (χ0) is 14.0. The Hall–Kier alpha value is -1.79. The van der Waals surface area contributed by atoms with Crippen molar-refractivity contribution in [3.05, 3.63) is 0 Å². The van der Waals surface area contributed by atoms with Gasteiger partial charge >= 0.3 is 12.0 Å². The largest absolute Gasteiger partial charge is 0.480 e. The van der Waals surface area contributed by atoms with Gasteiger partial charge in [-0.05, 0) is 18.8 Å². The molecule has 19 heavy (non-hydrogen) atoms. The Labute approximate surface area is 111 Å². The van der Waals surface area contributed by atoms with Gasteiger partial charge in [-0.3, -0.25) is 9.59 Å². The summed E-state index contributed by atoms with van der Waals surface area (Å²) in [5.74, 6) is -0.645. The number of carbonyl (C=O) groups is 3. The van der Waals surface area contributed by atoms with Crippen molar-refractivity contribution in [2.75, 3.05) is 26.7 Å². The van der Waals surface area contributed by atoms with Crippen LogP contribution in [-0.4, -0.2) is 65.5 Å². The van der Waals surface area contributed by atoms with E-state index in [1.165, 1.54) is 11.9 Å². The summed E-state index contributed by atoms with van der Waals surface area (Å²) in [7, 11) is 1.49. The Morgan fingerprint density at radius 3 is 2.89 bits per heavy atom. The Morgan fingerprint density at radius 2 is 2.21 bits per heavy atom. The van der Waals surface area contributed by atoms with E-state index in [4.69, 9.17) is 5.11 Å². The number of rotatable bonds is 2. The van der Waals surface area contributed by atoms with Gasteiger partial charge in [0.25, 0.3) is 0 Å². The van der Waals surface area contributed by atoms with Gasteiger partial charge < -0.3 is 20.2 Å². The molecular formula is C12H19N3O4. The van der Waals surface area contributed by atoms with Crippen molar-refractivity contribution in [2.45, 2.75) is 25.3 Å². The van der Waals surface area contributed by atoms with Crippen LogP contribution in [0.5, 0.6) is 0 Å². The van der Waals surface area contributed by atoms with Crippen molar-refractivity contribution in [1.29, 1.82) is 0 Å². The first-order valence-corrected chi connectivity index (χ1v) is 6.48. The molecule has 2 rings (SSSR count). The molecule has 2 heterocycles. The van der Waals surface area contributed by atoms with E-state index in [9.17, 15) is 14.4 Å².